The Balaban J connectivity index is 1.39. The van der Waals surface area contributed by atoms with Crippen LogP contribution in [0.2, 0.25) is 0 Å². The average molecular weight is 411 g/mol. The second kappa shape index (κ2) is 7.50. The summed E-state index contributed by atoms with van der Waals surface area (Å²) in [6, 6.07) is 19.2. The molecule has 1 aliphatic rings. The van der Waals surface area contributed by atoms with Gasteiger partial charge in [0.1, 0.15) is 17.2 Å². The third kappa shape index (κ3) is 3.44. The van der Waals surface area contributed by atoms with Gasteiger partial charge in [-0.15, -0.1) is 0 Å². The van der Waals surface area contributed by atoms with Gasteiger partial charge in [-0.1, -0.05) is 24.3 Å². The molecule has 3 aromatic carbocycles. The molecule has 5 rings (SSSR count). The average Bonchev–Trinajstić information content (AvgIpc) is 3.35. The molecule has 0 atom stereocenters. The van der Waals surface area contributed by atoms with E-state index in [4.69, 9.17) is 14.2 Å². The predicted octanol–water partition coefficient (Wildman–Crippen LogP) is 5.01. The van der Waals surface area contributed by atoms with Crippen molar-refractivity contribution in [3.63, 3.8) is 0 Å². The van der Waals surface area contributed by atoms with Gasteiger partial charge in [0.05, 0.1) is 18.2 Å². The topological polar surface area (TPSA) is 77.6 Å². The Morgan fingerprint density at radius 3 is 2.74 bits per heavy atom. The maximum atomic E-state index is 12.8. The molecule has 152 valence electrons. The van der Waals surface area contributed by atoms with E-state index in [0.717, 1.165) is 16.5 Å². The van der Waals surface area contributed by atoms with E-state index in [-0.39, 0.29) is 17.3 Å². The Labute approximate surface area is 177 Å². The Kier molecular flexibility index (Phi) is 4.52. The number of aromatic amines is 1. The zero-order chi connectivity index (χ0) is 21.4. The minimum Gasteiger partial charge on any atom is -0.497 e. The van der Waals surface area contributed by atoms with E-state index in [1.54, 1.807) is 48.5 Å². The molecule has 31 heavy (non-hydrogen) atoms. The van der Waals surface area contributed by atoms with Crippen LogP contribution >= 0.6 is 0 Å². The quantitative estimate of drug-likeness (QED) is 0.290. The van der Waals surface area contributed by atoms with Crippen molar-refractivity contribution in [3.8, 4) is 17.2 Å². The fourth-order valence-electron chi connectivity index (χ4n) is 3.50. The molecule has 0 bridgehead atoms. The fourth-order valence-corrected chi connectivity index (χ4v) is 3.50. The molecule has 0 amide bonds. The smallest absolute Gasteiger partial charge is 0.343 e. The number of Topliss-reactive ketones (excluding diaryl/α,β-unsaturated/α-hetero) is 1. The van der Waals surface area contributed by atoms with Crippen LogP contribution in [-0.2, 0) is 0 Å². The van der Waals surface area contributed by atoms with Crippen LogP contribution in [-0.4, -0.2) is 23.8 Å². The van der Waals surface area contributed by atoms with Crippen molar-refractivity contribution in [2.45, 2.75) is 0 Å². The van der Waals surface area contributed by atoms with Gasteiger partial charge in [-0.25, -0.2) is 4.79 Å². The molecule has 1 aromatic heterocycles. The van der Waals surface area contributed by atoms with Crippen LogP contribution in [0.15, 0.2) is 78.7 Å². The number of H-pyrrole nitrogens is 1. The Hall–Kier alpha value is -4.32. The monoisotopic (exact) mass is 411 g/mol. The van der Waals surface area contributed by atoms with E-state index < -0.39 is 5.97 Å². The number of carbonyl (C=O) groups excluding carboxylic acids is 2. The van der Waals surface area contributed by atoms with Crippen molar-refractivity contribution >= 4 is 28.7 Å². The first-order valence-corrected chi connectivity index (χ1v) is 9.63. The first kappa shape index (κ1) is 18.7. The number of hydrogen-bond acceptors (Lipinski definition) is 5. The van der Waals surface area contributed by atoms with Crippen LogP contribution in [0.1, 0.15) is 26.3 Å². The standard InChI is InChI=1S/C25H17NO5/c1-29-17-6-4-5-15(11-17)25(28)30-18-9-10-20-22(13-18)31-23(24(20)27)12-16-14-26-21-8-3-2-7-19(16)21/h2-14,26H,1H3/b23-12+. The highest BCUT2D eigenvalue weighted by Crippen LogP contribution is 2.35. The number of ether oxygens (including phenoxy) is 3. The summed E-state index contributed by atoms with van der Waals surface area (Å²) in [5, 5.41) is 0.996. The van der Waals surface area contributed by atoms with Crippen molar-refractivity contribution in [2.75, 3.05) is 7.11 Å². The predicted molar refractivity (Wildman–Crippen MR) is 116 cm³/mol. The number of carbonyl (C=O) groups is 2. The molecule has 1 aliphatic heterocycles. The summed E-state index contributed by atoms with van der Waals surface area (Å²) in [5.41, 5.74) is 2.62. The van der Waals surface area contributed by atoms with Crippen molar-refractivity contribution in [1.82, 2.24) is 4.98 Å². The highest BCUT2D eigenvalue weighted by atomic mass is 16.5. The lowest BCUT2D eigenvalue weighted by molar-refractivity contribution is 0.0734. The third-order valence-corrected chi connectivity index (χ3v) is 5.07. The molecule has 0 saturated heterocycles. The van der Waals surface area contributed by atoms with E-state index in [9.17, 15) is 9.59 Å². The zero-order valence-electron chi connectivity index (χ0n) is 16.5. The van der Waals surface area contributed by atoms with Crippen LogP contribution in [0.5, 0.6) is 17.2 Å². The molecule has 0 radical (unpaired) electrons. The lowest BCUT2D eigenvalue weighted by Gasteiger charge is -2.07. The Bertz CT molecular complexity index is 1370. The van der Waals surface area contributed by atoms with Crippen LogP contribution in [0.4, 0.5) is 0 Å². The number of ketones is 1. The summed E-state index contributed by atoms with van der Waals surface area (Å²) in [7, 11) is 1.53. The minimum absolute atomic E-state index is 0.217. The van der Waals surface area contributed by atoms with Crippen molar-refractivity contribution < 1.29 is 23.8 Å². The SMILES string of the molecule is COc1cccc(C(=O)Oc2ccc3c(c2)O/C(=C/c2c[nH]c4ccccc24)C3=O)c1. The number of fused-ring (bicyclic) bond motifs is 2. The van der Waals surface area contributed by atoms with Crippen LogP contribution in [0, 0.1) is 0 Å². The van der Waals surface area contributed by atoms with Gasteiger partial charge >= 0.3 is 5.97 Å². The van der Waals surface area contributed by atoms with Crippen LogP contribution in [0.3, 0.4) is 0 Å². The number of rotatable bonds is 4. The van der Waals surface area contributed by atoms with Crippen molar-refractivity contribution in [3.05, 3.63) is 95.4 Å². The molecule has 2 heterocycles. The number of allylic oxidation sites excluding steroid dienone is 1. The lowest BCUT2D eigenvalue weighted by atomic mass is 10.1. The Morgan fingerprint density at radius 2 is 1.87 bits per heavy atom. The van der Waals surface area contributed by atoms with E-state index in [1.165, 1.54) is 7.11 Å². The number of para-hydroxylation sites is 1. The molecule has 4 aromatic rings. The number of benzene rings is 3. The largest absolute Gasteiger partial charge is 0.497 e. The van der Waals surface area contributed by atoms with E-state index >= 15 is 0 Å². The number of methoxy groups -OCH3 is 1. The first-order valence-electron chi connectivity index (χ1n) is 9.63. The highest BCUT2D eigenvalue weighted by molar-refractivity contribution is 6.15. The second-order valence-corrected chi connectivity index (χ2v) is 7.01. The molecular weight excluding hydrogens is 394 g/mol. The summed E-state index contributed by atoms with van der Waals surface area (Å²) in [6.45, 7) is 0. The highest BCUT2D eigenvalue weighted by Gasteiger charge is 2.28. The van der Waals surface area contributed by atoms with Gasteiger partial charge in [-0.05, 0) is 42.5 Å². The maximum absolute atomic E-state index is 12.8. The summed E-state index contributed by atoms with van der Waals surface area (Å²) in [4.78, 5) is 28.4. The number of nitrogens with one attached hydrogen (secondary N) is 1. The molecule has 0 aliphatic carbocycles. The molecule has 6 nitrogen and oxygen atoms in total. The summed E-state index contributed by atoms with van der Waals surface area (Å²) >= 11 is 0. The molecule has 6 heteroatoms. The van der Waals surface area contributed by atoms with Gasteiger partial charge in [-0.3, -0.25) is 4.79 Å². The molecule has 0 unspecified atom stereocenters. The summed E-state index contributed by atoms with van der Waals surface area (Å²) < 4.78 is 16.4. The van der Waals surface area contributed by atoms with Crippen molar-refractivity contribution in [1.29, 1.82) is 0 Å². The van der Waals surface area contributed by atoms with E-state index in [1.807, 2.05) is 30.5 Å². The van der Waals surface area contributed by atoms with Crippen LogP contribution in [0.25, 0.3) is 17.0 Å². The maximum Gasteiger partial charge on any atom is 0.343 e. The zero-order valence-corrected chi connectivity index (χ0v) is 16.5. The van der Waals surface area contributed by atoms with Crippen molar-refractivity contribution in [2.24, 2.45) is 0 Å². The molecule has 0 saturated carbocycles. The molecule has 0 fully saturated rings. The third-order valence-electron chi connectivity index (χ3n) is 5.07. The van der Waals surface area contributed by atoms with E-state index in [2.05, 4.69) is 4.98 Å². The summed E-state index contributed by atoms with van der Waals surface area (Å²) in [5.74, 6) is 0.670. The second-order valence-electron chi connectivity index (χ2n) is 7.01. The first-order chi connectivity index (χ1) is 15.1. The Morgan fingerprint density at radius 1 is 1.00 bits per heavy atom. The molecule has 0 spiro atoms. The fraction of sp³-hybridized carbons (Fsp3) is 0.0400. The van der Waals surface area contributed by atoms with Gasteiger partial charge in [0.25, 0.3) is 0 Å². The van der Waals surface area contributed by atoms with Gasteiger partial charge in [0.2, 0.25) is 5.78 Å². The van der Waals surface area contributed by atoms with Gasteiger partial charge < -0.3 is 19.2 Å². The van der Waals surface area contributed by atoms with E-state index in [0.29, 0.717) is 22.6 Å². The lowest BCUT2D eigenvalue weighted by Crippen LogP contribution is -2.08. The summed E-state index contributed by atoms with van der Waals surface area (Å²) in [6.07, 6.45) is 3.54. The number of esters is 1. The molecular formula is C25H17NO5. The van der Waals surface area contributed by atoms with Gasteiger partial charge in [0.15, 0.2) is 5.76 Å². The van der Waals surface area contributed by atoms with Crippen LogP contribution < -0.4 is 14.2 Å². The van der Waals surface area contributed by atoms with Gasteiger partial charge in [0, 0.05) is 28.7 Å². The minimum atomic E-state index is -0.530. The number of aromatic nitrogens is 1. The molecule has 1 N–H and O–H groups in total. The van der Waals surface area contributed by atoms with Gasteiger partial charge in [-0.2, -0.15) is 0 Å². The normalized spacial score (nSPS) is 13.8. The number of hydrogen-bond donors (Lipinski definition) is 1.